The van der Waals surface area contributed by atoms with Gasteiger partial charge in [-0.3, -0.25) is 0 Å². The van der Waals surface area contributed by atoms with E-state index >= 15 is 0 Å². The van der Waals surface area contributed by atoms with Gasteiger partial charge in [0.1, 0.15) is 6.10 Å². The zero-order chi connectivity index (χ0) is 10.5. The van der Waals surface area contributed by atoms with Gasteiger partial charge in [0.25, 0.3) is 0 Å². The molecule has 1 aliphatic rings. The first kappa shape index (κ1) is 11.0. The van der Waals surface area contributed by atoms with E-state index in [1.165, 1.54) is 6.42 Å². The first-order valence-corrected chi connectivity index (χ1v) is 6.56. The highest BCUT2D eigenvalue weighted by atomic mass is 32.1. The van der Waals surface area contributed by atoms with E-state index in [-0.39, 0.29) is 6.10 Å². The predicted octanol–water partition coefficient (Wildman–Crippen LogP) is 2.22. The van der Waals surface area contributed by atoms with Gasteiger partial charge in [0.2, 0.25) is 0 Å². The normalized spacial score (nSPS) is 25.9. The average molecular weight is 226 g/mol. The Morgan fingerprint density at radius 3 is 3.33 bits per heavy atom. The summed E-state index contributed by atoms with van der Waals surface area (Å²) in [6.45, 7) is 5.22. The maximum atomic E-state index is 5.74. The fourth-order valence-electron chi connectivity index (χ4n) is 2.00. The van der Waals surface area contributed by atoms with Gasteiger partial charge in [0, 0.05) is 24.4 Å². The molecule has 0 bridgehead atoms. The second-order valence-corrected chi connectivity index (χ2v) is 4.68. The van der Waals surface area contributed by atoms with Crippen LogP contribution in [0, 0.1) is 5.92 Å². The molecule has 2 rings (SSSR count). The van der Waals surface area contributed by atoms with Crippen LogP contribution in [0.4, 0.5) is 0 Å². The monoisotopic (exact) mass is 226 g/mol. The lowest BCUT2D eigenvalue weighted by Gasteiger charge is -2.16. The number of nitrogens with zero attached hydrogens (tertiary/aromatic N) is 1. The summed E-state index contributed by atoms with van der Waals surface area (Å²) in [5, 5.41) is 5.56. The first-order chi connectivity index (χ1) is 7.42. The number of ether oxygens (including phenoxy) is 1. The SMILES string of the molecule is CCCNCC1CCOC1c1cscn1. The Balaban J connectivity index is 1.88. The van der Waals surface area contributed by atoms with Crippen molar-refractivity contribution in [1.82, 2.24) is 10.3 Å². The molecule has 1 aromatic rings. The van der Waals surface area contributed by atoms with Crippen LogP contribution in [0.15, 0.2) is 10.9 Å². The highest BCUT2D eigenvalue weighted by Crippen LogP contribution is 2.33. The molecule has 0 aromatic carbocycles. The lowest BCUT2D eigenvalue weighted by atomic mass is 9.99. The molecule has 1 aromatic heterocycles. The Kier molecular flexibility index (Phi) is 4.11. The van der Waals surface area contributed by atoms with E-state index in [9.17, 15) is 0 Å². The van der Waals surface area contributed by atoms with Crippen LogP contribution in [-0.4, -0.2) is 24.7 Å². The fraction of sp³-hybridized carbons (Fsp3) is 0.727. The molecule has 1 N–H and O–H groups in total. The van der Waals surface area contributed by atoms with Crippen LogP contribution < -0.4 is 5.32 Å². The quantitative estimate of drug-likeness (QED) is 0.782. The number of hydrogen-bond donors (Lipinski definition) is 1. The number of rotatable bonds is 5. The summed E-state index contributed by atoms with van der Waals surface area (Å²) in [5.41, 5.74) is 2.99. The summed E-state index contributed by atoms with van der Waals surface area (Å²) < 4.78 is 5.74. The molecule has 1 saturated heterocycles. The van der Waals surface area contributed by atoms with Crippen molar-refractivity contribution in [3.63, 3.8) is 0 Å². The molecule has 84 valence electrons. The van der Waals surface area contributed by atoms with Crippen molar-refractivity contribution in [2.75, 3.05) is 19.7 Å². The van der Waals surface area contributed by atoms with Crippen molar-refractivity contribution in [2.24, 2.45) is 5.92 Å². The summed E-state index contributed by atoms with van der Waals surface area (Å²) >= 11 is 1.65. The van der Waals surface area contributed by atoms with Crippen LogP contribution in [0.25, 0.3) is 0 Å². The van der Waals surface area contributed by atoms with E-state index in [4.69, 9.17) is 4.74 Å². The minimum absolute atomic E-state index is 0.223. The van der Waals surface area contributed by atoms with Crippen molar-refractivity contribution in [2.45, 2.75) is 25.9 Å². The van der Waals surface area contributed by atoms with Gasteiger partial charge >= 0.3 is 0 Å². The molecule has 2 heterocycles. The van der Waals surface area contributed by atoms with E-state index in [2.05, 4.69) is 22.6 Å². The van der Waals surface area contributed by atoms with Crippen molar-refractivity contribution < 1.29 is 4.74 Å². The van der Waals surface area contributed by atoms with Gasteiger partial charge in [-0.2, -0.15) is 0 Å². The average Bonchev–Trinajstić information content (AvgIpc) is 2.87. The van der Waals surface area contributed by atoms with Crippen LogP contribution in [0.5, 0.6) is 0 Å². The Bertz CT molecular complexity index is 276. The van der Waals surface area contributed by atoms with Gasteiger partial charge in [-0.05, 0) is 19.4 Å². The molecule has 2 atom stereocenters. The molecule has 1 fully saturated rings. The fourth-order valence-corrected chi connectivity index (χ4v) is 2.57. The zero-order valence-electron chi connectivity index (χ0n) is 9.11. The maximum Gasteiger partial charge on any atom is 0.104 e. The van der Waals surface area contributed by atoms with Gasteiger partial charge in [0.15, 0.2) is 0 Å². The van der Waals surface area contributed by atoms with Crippen molar-refractivity contribution in [3.8, 4) is 0 Å². The van der Waals surface area contributed by atoms with Gasteiger partial charge in [-0.1, -0.05) is 6.92 Å². The van der Waals surface area contributed by atoms with Crippen LogP contribution in [0.1, 0.15) is 31.6 Å². The largest absolute Gasteiger partial charge is 0.372 e. The Morgan fingerprint density at radius 1 is 1.67 bits per heavy atom. The summed E-state index contributed by atoms with van der Waals surface area (Å²) in [6.07, 6.45) is 2.56. The van der Waals surface area contributed by atoms with E-state index in [0.717, 1.165) is 31.8 Å². The van der Waals surface area contributed by atoms with Crippen LogP contribution in [-0.2, 0) is 4.74 Å². The topological polar surface area (TPSA) is 34.1 Å². The molecule has 3 nitrogen and oxygen atoms in total. The summed E-state index contributed by atoms with van der Waals surface area (Å²) in [6, 6.07) is 0. The summed E-state index contributed by atoms with van der Waals surface area (Å²) in [5.74, 6) is 0.596. The van der Waals surface area contributed by atoms with Crippen molar-refractivity contribution in [3.05, 3.63) is 16.6 Å². The second kappa shape index (κ2) is 5.58. The molecule has 0 amide bonds. The molecule has 0 aliphatic carbocycles. The molecule has 4 heteroatoms. The van der Waals surface area contributed by atoms with Crippen LogP contribution >= 0.6 is 11.3 Å². The maximum absolute atomic E-state index is 5.74. The first-order valence-electron chi connectivity index (χ1n) is 5.62. The van der Waals surface area contributed by atoms with E-state index in [1.54, 1.807) is 11.3 Å². The lowest BCUT2D eigenvalue weighted by molar-refractivity contribution is 0.0876. The van der Waals surface area contributed by atoms with E-state index < -0.39 is 0 Å². The standard InChI is InChI=1S/C11H18N2OS/c1-2-4-12-6-9-3-5-14-11(9)10-7-15-8-13-10/h7-9,11-12H,2-6H2,1H3. The Hall–Kier alpha value is -0.450. The highest BCUT2D eigenvalue weighted by Gasteiger charge is 2.30. The van der Waals surface area contributed by atoms with E-state index in [1.807, 2.05) is 5.51 Å². The van der Waals surface area contributed by atoms with Crippen molar-refractivity contribution in [1.29, 1.82) is 0 Å². The Labute approximate surface area is 94.9 Å². The number of aromatic nitrogens is 1. The van der Waals surface area contributed by atoms with Gasteiger partial charge in [0.05, 0.1) is 11.2 Å². The lowest BCUT2D eigenvalue weighted by Crippen LogP contribution is -2.25. The summed E-state index contributed by atoms with van der Waals surface area (Å²) in [4.78, 5) is 4.34. The molecule has 0 saturated carbocycles. The number of hydrogen-bond acceptors (Lipinski definition) is 4. The molecule has 15 heavy (non-hydrogen) atoms. The third kappa shape index (κ3) is 2.77. The number of thiazole rings is 1. The number of nitrogens with one attached hydrogen (secondary N) is 1. The smallest absolute Gasteiger partial charge is 0.104 e. The minimum Gasteiger partial charge on any atom is -0.372 e. The molecule has 2 unspecified atom stereocenters. The van der Waals surface area contributed by atoms with Crippen LogP contribution in [0.2, 0.25) is 0 Å². The van der Waals surface area contributed by atoms with Gasteiger partial charge in [-0.15, -0.1) is 11.3 Å². The molecular weight excluding hydrogens is 208 g/mol. The van der Waals surface area contributed by atoms with Crippen LogP contribution in [0.3, 0.4) is 0 Å². The summed E-state index contributed by atoms with van der Waals surface area (Å²) in [7, 11) is 0. The minimum atomic E-state index is 0.223. The molecule has 1 aliphatic heterocycles. The predicted molar refractivity (Wildman–Crippen MR) is 62.1 cm³/mol. The third-order valence-electron chi connectivity index (χ3n) is 2.79. The van der Waals surface area contributed by atoms with Gasteiger partial charge in [-0.25, -0.2) is 4.98 Å². The third-order valence-corrected chi connectivity index (χ3v) is 3.40. The van der Waals surface area contributed by atoms with Crippen molar-refractivity contribution >= 4 is 11.3 Å². The molecule has 0 radical (unpaired) electrons. The molecule has 0 spiro atoms. The highest BCUT2D eigenvalue weighted by molar-refractivity contribution is 7.07. The molecular formula is C11H18N2OS. The zero-order valence-corrected chi connectivity index (χ0v) is 9.93. The van der Waals surface area contributed by atoms with Gasteiger partial charge < -0.3 is 10.1 Å². The van der Waals surface area contributed by atoms with E-state index in [0.29, 0.717) is 5.92 Å². The second-order valence-electron chi connectivity index (χ2n) is 3.96. The Morgan fingerprint density at radius 2 is 2.60 bits per heavy atom.